The molecule has 1 amide bonds. The summed E-state index contributed by atoms with van der Waals surface area (Å²) in [4.78, 5) is 29.1. The third kappa shape index (κ3) is 4.80. The molecule has 0 aliphatic carbocycles. The second kappa shape index (κ2) is 8.60. The van der Waals surface area contributed by atoms with Crippen LogP contribution in [0.2, 0.25) is 0 Å². The van der Waals surface area contributed by atoms with Gasteiger partial charge in [0, 0.05) is 23.8 Å². The van der Waals surface area contributed by atoms with Gasteiger partial charge in [-0.3, -0.25) is 9.59 Å². The van der Waals surface area contributed by atoms with Gasteiger partial charge in [0.25, 0.3) is 0 Å². The van der Waals surface area contributed by atoms with Crippen LogP contribution in [0, 0.1) is 6.92 Å². The van der Waals surface area contributed by atoms with Gasteiger partial charge in [-0.1, -0.05) is 42.0 Å². The van der Waals surface area contributed by atoms with E-state index in [2.05, 4.69) is 10.3 Å². The molecule has 27 heavy (non-hydrogen) atoms. The minimum atomic E-state index is -0.232. The van der Waals surface area contributed by atoms with Gasteiger partial charge in [0.1, 0.15) is 5.75 Å². The van der Waals surface area contributed by atoms with Crippen molar-refractivity contribution >= 4 is 28.2 Å². The first-order valence-electron chi connectivity index (χ1n) is 8.55. The van der Waals surface area contributed by atoms with Crippen LogP contribution in [0.4, 0.5) is 5.13 Å². The van der Waals surface area contributed by atoms with Crippen LogP contribution in [0.25, 0.3) is 11.3 Å². The molecule has 3 rings (SSSR count). The number of amides is 1. The molecule has 0 aliphatic rings. The first-order valence-corrected chi connectivity index (χ1v) is 9.43. The number of hydrogen-bond donors (Lipinski definition) is 1. The number of Topliss-reactive ketones (excluding diaryl/α,β-unsaturated/α-hetero) is 1. The number of nitrogens with one attached hydrogen (secondary N) is 1. The van der Waals surface area contributed by atoms with Gasteiger partial charge in [-0.15, -0.1) is 11.3 Å². The predicted octanol–water partition coefficient (Wildman–Crippen LogP) is 4.73. The van der Waals surface area contributed by atoms with Crippen LogP contribution < -0.4 is 10.1 Å². The highest BCUT2D eigenvalue weighted by molar-refractivity contribution is 7.14. The number of anilines is 1. The van der Waals surface area contributed by atoms with Crippen LogP contribution in [-0.2, 0) is 4.79 Å². The summed E-state index contributed by atoms with van der Waals surface area (Å²) in [5.41, 5.74) is 3.29. The maximum atomic E-state index is 12.4. The molecule has 6 heteroatoms. The maximum absolute atomic E-state index is 12.4. The number of thiazole rings is 1. The Morgan fingerprint density at radius 3 is 2.63 bits per heavy atom. The van der Waals surface area contributed by atoms with Gasteiger partial charge >= 0.3 is 0 Å². The number of rotatable bonds is 7. The van der Waals surface area contributed by atoms with Crippen molar-refractivity contribution in [1.29, 1.82) is 0 Å². The molecule has 0 spiro atoms. The largest absolute Gasteiger partial charge is 0.496 e. The van der Waals surface area contributed by atoms with Gasteiger partial charge in [-0.05, 0) is 19.1 Å². The number of ether oxygens (including phenoxy) is 1. The molecule has 0 fully saturated rings. The van der Waals surface area contributed by atoms with Crippen molar-refractivity contribution in [3.63, 3.8) is 0 Å². The molecule has 0 radical (unpaired) electrons. The Balaban J connectivity index is 1.58. The van der Waals surface area contributed by atoms with E-state index < -0.39 is 0 Å². The van der Waals surface area contributed by atoms with Crippen molar-refractivity contribution in [2.45, 2.75) is 19.8 Å². The van der Waals surface area contributed by atoms with E-state index >= 15 is 0 Å². The highest BCUT2D eigenvalue weighted by atomic mass is 32.1. The molecular formula is C21H20N2O3S. The number of carbonyl (C=O) groups excluding carboxylic acids is 2. The highest BCUT2D eigenvalue weighted by Crippen LogP contribution is 2.25. The second-order valence-electron chi connectivity index (χ2n) is 6.08. The average molecular weight is 380 g/mol. The third-order valence-corrected chi connectivity index (χ3v) is 4.81. The van der Waals surface area contributed by atoms with Crippen molar-refractivity contribution in [2.75, 3.05) is 12.4 Å². The van der Waals surface area contributed by atoms with Crippen LogP contribution >= 0.6 is 11.3 Å². The zero-order chi connectivity index (χ0) is 19.2. The Labute approximate surface area is 162 Å². The highest BCUT2D eigenvalue weighted by Gasteiger charge is 2.15. The number of hydrogen-bond acceptors (Lipinski definition) is 5. The van der Waals surface area contributed by atoms with Gasteiger partial charge in [0.15, 0.2) is 10.9 Å². The smallest absolute Gasteiger partial charge is 0.226 e. The lowest BCUT2D eigenvalue weighted by atomic mass is 10.0. The summed E-state index contributed by atoms with van der Waals surface area (Å²) in [5.74, 6) is 0.178. The number of ketones is 1. The predicted molar refractivity (Wildman–Crippen MR) is 107 cm³/mol. The summed E-state index contributed by atoms with van der Waals surface area (Å²) in [6.07, 6.45) is 0.207. The molecule has 0 atom stereocenters. The van der Waals surface area contributed by atoms with E-state index in [4.69, 9.17) is 4.74 Å². The van der Waals surface area contributed by atoms with Crippen LogP contribution in [0.3, 0.4) is 0 Å². The van der Waals surface area contributed by atoms with E-state index in [1.807, 2.05) is 48.7 Å². The molecule has 0 unspecified atom stereocenters. The van der Waals surface area contributed by atoms with Crippen molar-refractivity contribution in [1.82, 2.24) is 4.98 Å². The Hall–Kier alpha value is -2.99. The number of carbonyl (C=O) groups is 2. The van der Waals surface area contributed by atoms with Gasteiger partial charge in [-0.25, -0.2) is 4.98 Å². The van der Waals surface area contributed by atoms with E-state index in [0.717, 1.165) is 16.8 Å². The van der Waals surface area contributed by atoms with Crippen molar-refractivity contribution < 1.29 is 14.3 Å². The second-order valence-corrected chi connectivity index (χ2v) is 6.94. The van der Waals surface area contributed by atoms with Gasteiger partial charge in [0.2, 0.25) is 5.91 Å². The lowest BCUT2D eigenvalue weighted by Crippen LogP contribution is -2.13. The van der Waals surface area contributed by atoms with E-state index in [9.17, 15) is 9.59 Å². The molecule has 0 saturated carbocycles. The van der Waals surface area contributed by atoms with Gasteiger partial charge in [-0.2, -0.15) is 0 Å². The topological polar surface area (TPSA) is 68.3 Å². The molecule has 1 aromatic heterocycles. The molecule has 1 heterocycles. The number of benzene rings is 2. The van der Waals surface area contributed by atoms with Crippen molar-refractivity contribution in [3.05, 3.63) is 65.0 Å². The summed E-state index contributed by atoms with van der Waals surface area (Å²) < 4.78 is 5.24. The fraction of sp³-hybridized carbons (Fsp3) is 0.190. The summed E-state index contributed by atoms with van der Waals surface area (Å²) >= 11 is 1.36. The summed E-state index contributed by atoms with van der Waals surface area (Å²) in [5, 5.41) is 5.19. The monoisotopic (exact) mass is 380 g/mol. The van der Waals surface area contributed by atoms with E-state index in [0.29, 0.717) is 16.4 Å². The average Bonchev–Trinajstić information content (AvgIpc) is 3.15. The molecule has 1 N–H and O–H groups in total. The molecule has 0 aliphatic heterocycles. The van der Waals surface area contributed by atoms with E-state index in [-0.39, 0.29) is 24.5 Å². The summed E-state index contributed by atoms with van der Waals surface area (Å²) in [6.45, 7) is 1.91. The summed E-state index contributed by atoms with van der Waals surface area (Å²) in [6, 6.07) is 15.2. The minimum Gasteiger partial charge on any atom is -0.496 e. The molecule has 0 bridgehead atoms. The van der Waals surface area contributed by atoms with Crippen LogP contribution in [0.1, 0.15) is 28.8 Å². The molecule has 5 nitrogen and oxygen atoms in total. The van der Waals surface area contributed by atoms with Gasteiger partial charge < -0.3 is 10.1 Å². The molecule has 2 aromatic carbocycles. The molecule has 0 saturated heterocycles. The quantitative estimate of drug-likeness (QED) is 0.602. The molecule has 3 aromatic rings. The van der Waals surface area contributed by atoms with Crippen LogP contribution in [0.15, 0.2) is 53.9 Å². The van der Waals surface area contributed by atoms with E-state index in [1.165, 1.54) is 18.4 Å². The Kier molecular flexibility index (Phi) is 5.98. The maximum Gasteiger partial charge on any atom is 0.226 e. The first-order chi connectivity index (χ1) is 13.1. The fourth-order valence-electron chi connectivity index (χ4n) is 2.66. The molecule has 138 valence electrons. The number of nitrogens with zero attached hydrogens (tertiary/aromatic N) is 1. The zero-order valence-corrected chi connectivity index (χ0v) is 16.0. The number of aryl methyl sites for hydroxylation is 1. The lowest BCUT2D eigenvalue weighted by molar-refractivity contribution is -0.116. The zero-order valence-electron chi connectivity index (χ0n) is 15.2. The van der Waals surface area contributed by atoms with Crippen molar-refractivity contribution in [3.8, 4) is 17.0 Å². The Bertz CT molecular complexity index is 951. The van der Waals surface area contributed by atoms with E-state index in [1.54, 1.807) is 12.1 Å². The Morgan fingerprint density at radius 1 is 1.11 bits per heavy atom. The van der Waals surface area contributed by atoms with Crippen LogP contribution in [-0.4, -0.2) is 23.8 Å². The summed E-state index contributed by atoms with van der Waals surface area (Å²) in [7, 11) is 1.53. The number of methoxy groups -OCH3 is 1. The SMILES string of the molecule is COc1ccc(C)cc1C(=O)CCC(=O)Nc1nc(-c2ccccc2)cs1. The third-order valence-electron chi connectivity index (χ3n) is 4.05. The normalized spacial score (nSPS) is 10.4. The van der Waals surface area contributed by atoms with Crippen molar-refractivity contribution in [2.24, 2.45) is 0 Å². The standard InChI is InChI=1S/C21H20N2O3S/c1-14-8-10-19(26-2)16(12-14)18(24)9-11-20(25)23-21-22-17(13-27-21)15-6-4-3-5-7-15/h3-8,10,12-13H,9,11H2,1-2H3,(H,22,23,25). The minimum absolute atomic E-state index is 0.0934. The Morgan fingerprint density at radius 2 is 1.89 bits per heavy atom. The fourth-order valence-corrected chi connectivity index (χ4v) is 3.39. The molecular weight excluding hydrogens is 360 g/mol. The van der Waals surface area contributed by atoms with Gasteiger partial charge in [0.05, 0.1) is 18.4 Å². The van der Waals surface area contributed by atoms with Crippen LogP contribution in [0.5, 0.6) is 5.75 Å². The lowest BCUT2D eigenvalue weighted by Gasteiger charge is -2.08. The first kappa shape index (κ1) is 18.8. The number of aromatic nitrogens is 1.